The molecule has 4 N–H and O–H groups in total. The molecule has 1 aromatic carbocycles. The van der Waals surface area contributed by atoms with Crippen molar-refractivity contribution in [3.63, 3.8) is 0 Å². The second-order valence-corrected chi connectivity index (χ2v) is 7.53. The van der Waals surface area contributed by atoms with Crippen molar-refractivity contribution in [1.82, 2.24) is 4.57 Å². The van der Waals surface area contributed by atoms with Crippen molar-refractivity contribution in [1.29, 1.82) is 0 Å². The predicted octanol–water partition coefficient (Wildman–Crippen LogP) is 2.65. The van der Waals surface area contributed by atoms with Gasteiger partial charge in [-0.3, -0.25) is 14.4 Å². The van der Waals surface area contributed by atoms with Crippen LogP contribution < -0.4 is 16.6 Å². The summed E-state index contributed by atoms with van der Waals surface area (Å²) in [4.78, 5) is 37.0. The number of fused-ring (bicyclic) bond motifs is 1. The molecular weight excluding hydrogens is 382 g/mol. The summed E-state index contributed by atoms with van der Waals surface area (Å²) >= 11 is 0. The van der Waals surface area contributed by atoms with Crippen molar-refractivity contribution in [3.8, 4) is 0 Å². The molecule has 1 aromatic heterocycles. The average molecular weight is 409 g/mol. The molecule has 0 spiro atoms. The fraction of sp³-hybridized carbons (Fsp3) is 0.348. The molecule has 1 heterocycles. The number of carbonyl (C=O) groups is 2. The lowest BCUT2D eigenvalue weighted by molar-refractivity contribution is -0.122. The van der Waals surface area contributed by atoms with Gasteiger partial charge in [0.2, 0.25) is 11.8 Å². The number of aliphatic hydroxyl groups excluding tert-OH is 1. The number of aromatic nitrogens is 1. The highest BCUT2D eigenvalue weighted by Gasteiger charge is 2.31. The van der Waals surface area contributed by atoms with Gasteiger partial charge in [0, 0.05) is 29.1 Å². The Labute approximate surface area is 174 Å². The lowest BCUT2D eigenvalue weighted by Gasteiger charge is -2.16. The van der Waals surface area contributed by atoms with Crippen LogP contribution in [-0.4, -0.2) is 28.1 Å². The number of benzene rings is 1. The van der Waals surface area contributed by atoms with Crippen LogP contribution in [0.1, 0.15) is 38.6 Å². The lowest BCUT2D eigenvalue weighted by Crippen LogP contribution is -2.35. The van der Waals surface area contributed by atoms with Gasteiger partial charge < -0.3 is 20.7 Å². The van der Waals surface area contributed by atoms with Gasteiger partial charge in [0.1, 0.15) is 6.04 Å². The quantitative estimate of drug-likeness (QED) is 0.552. The van der Waals surface area contributed by atoms with E-state index in [0.29, 0.717) is 28.8 Å². The highest BCUT2D eigenvalue weighted by atomic mass is 16.3. The third-order valence-electron chi connectivity index (χ3n) is 5.59. The van der Waals surface area contributed by atoms with Crippen LogP contribution in [0.3, 0.4) is 0 Å². The molecular formula is C23H27N3O4. The smallest absolute Gasteiger partial charge is 0.259 e. The molecule has 1 aliphatic rings. The number of hydrogen-bond donors (Lipinski definition) is 3. The first-order valence-corrected chi connectivity index (χ1v) is 10.1. The largest absolute Gasteiger partial charge is 0.394 e. The van der Waals surface area contributed by atoms with Crippen molar-refractivity contribution in [2.75, 3.05) is 11.9 Å². The van der Waals surface area contributed by atoms with Crippen molar-refractivity contribution in [3.05, 3.63) is 64.6 Å². The van der Waals surface area contributed by atoms with E-state index in [2.05, 4.69) is 18.8 Å². The number of anilines is 1. The highest BCUT2D eigenvalue weighted by molar-refractivity contribution is 6.02. The van der Waals surface area contributed by atoms with Crippen LogP contribution in [0.2, 0.25) is 0 Å². The molecule has 2 atom stereocenters. The Morgan fingerprint density at radius 1 is 1.37 bits per heavy atom. The van der Waals surface area contributed by atoms with Crippen LogP contribution in [-0.2, 0) is 9.59 Å². The number of carbonyl (C=O) groups excluding carboxylic acids is 2. The summed E-state index contributed by atoms with van der Waals surface area (Å²) in [6.45, 7) is 5.26. The highest BCUT2D eigenvalue weighted by Crippen LogP contribution is 2.44. The Hall–Kier alpha value is -3.19. The molecule has 30 heavy (non-hydrogen) atoms. The summed E-state index contributed by atoms with van der Waals surface area (Å²) in [5.74, 6) is -0.407. The van der Waals surface area contributed by atoms with E-state index in [1.807, 2.05) is 6.08 Å². The molecule has 1 saturated carbocycles. The molecule has 1 fully saturated rings. The van der Waals surface area contributed by atoms with E-state index in [4.69, 9.17) is 5.73 Å². The molecule has 0 aliphatic heterocycles. The SMILES string of the molecule is C=CCC1C/C1=C(/CC)CC(=O)Nc1cccc2c(=O)n([C@H](CO)C(N)=O)ccc12. The van der Waals surface area contributed by atoms with Gasteiger partial charge in [0.05, 0.1) is 6.61 Å². The van der Waals surface area contributed by atoms with E-state index in [1.165, 1.54) is 11.8 Å². The molecule has 3 rings (SSSR count). The zero-order chi connectivity index (χ0) is 21.8. The maximum absolute atomic E-state index is 12.8. The molecule has 2 amide bonds. The van der Waals surface area contributed by atoms with E-state index in [9.17, 15) is 19.5 Å². The minimum Gasteiger partial charge on any atom is -0.394 e. The summed E-state index contributed by atoms with van der Waals surface area (Å²) in [5.41, 5.74) is 7.87. The van der Waals surface area contributed by atoms with Crippen LogP contribution in [0, 0.1) is 5.92 Å². The Balaban J connectivity index is 1.86. The third kappa shape index (κ3) is 4.36. The van der Waals surface area contributed by atoms with Crippen LogP contribution in [0.15, 0.2) is 59.1 Å². The first kappa shape index (κ1) is 21.5. The van der Waals surface area contributed by atoms with Gasteiger partial charge in [0.25, 0.3) is 5.56 Å². The molecule has 1 unspecified atom stereocenters. The zero-order valence-electron chi connectivity index (χ0n) is 17.1. The molecule has 7 nitrogen and oxygen atoms in total. The second kappa shape index (κ2) is 9.09. The summed E-state index contributed by atoms with van der Waals surface area (Å²) < 4.78 is 1.11. The summed E-state index contributed by atoms with van der Waals surface area (Å²) in [5, 5.41) is 13.2. The summed E-state index contributed by atoms with van der Waals surface area (Å²) in [7, 11) is 0. The predicted molar refractivity (Wildman–Crippen MR) is 117 cm³/mol. The Morgan fingerprint density at radius 3 is 2.77 bits per heavy atom. The number of nitrogens with two attached hydrogens (primary N) is 1. The van der Waals surface area contributed by atoms with Crippen molar-refractivity contribution in [2.24, 2.45) is 11.7 Å². The number of primary amides is 1. The van der Waals surface area contributed by atoms with Gasteiger partial charge >= 0.3 is 0 Å². The maximum atomic E-state index is 12.8. The fourth-order valence-corrected chi connectivity index (χ4v) is 3.88. The Bertz CT molecular complexity index is 1080. The van der Waals surface area contributed by atoms with Crippen molar-refractivity contribution >= 4 is 28.3 Å². The van der Waals surface area contributed by atoms with Crippen LogP contribution in [0.4, 0.5) is 5.69 Å². The number of aliphatic hydroxyl groups is 1. The minimum atomic E-state index is -1.14. The fourth-order valence-electron chi connectivity index (χ4n) is 3.88. The number of allylic oxidation sites excluding steroid dienone is 2. The molecule has 1 aliphatic carbocycles. The molecule has 158 valence electrons. The maximum Gasteiger partial charge on any atom is 0.259 e. The first-order valence-electron chi connectivity index (χ1n) is 10.1. The van der Waals surface area contributed by atoms with Gasteiger partial charge in [-0.1, -0.05) is 30.2 Å². The number of hydrogen-bond acceptors (Lipinski definition) is 4. The van der Waals surface area contributed by atoms with E-state index >= 15 is 0 Å². The first-order chi connectivity index (χ1) is 14.4. The third-order valence-corrected chi connectivity index (χ3v) is 5.59. The number of nitrogens with one attached hydrogen (secondary N) is 1. The van der Waals surface area contributed by atoms with E-state index in [0.717, 1.165) is 29.4 Å². The summed E-state index contributed by atoms with van der Waals surface area (Å²) in [6, 6.07) is 5.52. The van der Waals surface area contributed by atoms with Crippen molar-refractivity contribution in [2.45, 2.75) is 38.6 Å². The molecule has 0 saturated heterocycles. The molecule has 2 aromatic rings. The van der Waals surface area contributed by atoms with Gasteiger partial charge in [-0.15, -0.1) is 6.58 Å². The normalized spacial score (nSPS) is 18.0. The average Bonchev–Trinajstić information content (AvgIpc) is 3.48. The van der Waals surface area contributed by atoms with E-state index in [-0.39, 0.29) is 5.91 Å². The van der Waals surface area contributed by atoms with Crippen LogP contribution in [0.25, 0.3) is 10.8 Å². The monoisotopic (exact) mass is 409 g/mol. The van der Waals surface area contributed by atoms with E-state index < -0.39 is 24.1 Å². The number of rotatable bonds is 9. The van der Waals surface area contributed by atoms with Gasteiger partial charge in [0.15, 0.2) is 0 Å². The van der Waals surface area contributed by atoms with E-state index in [1.54, 1.807) is 24.3 Å². The van der Waals surface area contributed by atoms with Crippen molar-refractivity contribution < 1.29 is 14.7 Å². The molecule has 7 heteroatoms. The second-order valence-electron chi connectivity index (χ2n) is 7.53. The number of pyridine rings is 1. The minimum absolute atomic E-state index is 0.134. The van der Waals surface area contributed by atoms with Gasteiger partial charge in [-0.25, -0.2) is 0 Å². The number of nitrogens with zero attached hydrogens (tertiary/aromatic N) is 1. The standard InChI is InChI=1S/C23H27N3O4/c1-3-6-15-11-18(15)14(4-2)12-21(28)25-19-8-5-7-17-16(19)9-10-26(23(17)30)20(13-27)22(24)29/h3,5,7-10,15,20,27H,1,4,6,11-13H2,2H3,(H2,24,29)(H,25,28)/b18-14+/t15?,20-/m1/s1. The summed E-state index contributed by atoms with van der Waals surface area (Å²) in [6.07, 6.45) is 6.44. The zero-order valence-corrected chi connectivity index (χ0v) is 17.1. The number of amides is 2. The molecule has 0 bridgehead atoms. The topological polar surface area (TPSA) is 114 Å². The van der Waals surface area contributed by atoms with Crippen LogP contribution in [0.5, 0.6) is 0 Å². The van der Waals surface area contributed by atoms with Gasteiger partial charge in [-0.05, 0) is 43.4 Å². The Morgan fingerprint density at radius 2 is 2.13 bits per heavy atom. The molecule has 0 radical (unpaired) electrons. The van der Waals surface area contributed by atoms with Gasteiger partial charge in [-0.2, -0.15) is 0 Å². The van der Waals surface area contributed by atoms with Crippen LogP contribution >= 0.6 is 0 Å². The Kier molecular flexibility index (Phi) is 6.52. The lowest BCUT2D eigenvalue weighted by atomic mass is 10.1.